The monoisotopic (exact) mass is 474 g/mol. The van der Waals surface area contributed by atoms with E-state index in [2.05, 4.69) is 21.6 Å². The SMILES string of the molecule is CC1(C)CC(CC(=O)c2ccc(Oc3cccc(-c4ccnnc4)c3C#N)c(Cl)c2)CC(=O)N1. The highest BCUT2D eigenvalue weighted by Gasteiger charge is 2.33. The van der Waals surface area contributed by atoms with Crippen molar-refractivity contribution in [1.29, 1.82) is 5.26 Å². The molecule has 172 valence electrons. The van der Waals surface area contributed by atoms with Crippen molar-refractivity contribution in [1.82, 2.24) is 15.5 Å². The van der Waals surface area contributed by atoms with Gasteiger partial charge >= 0.3 is 0 Å². The quantitative estimate of drug-likeness (QED) is 0.483. The molecule has 0 aliphatic carbocycles. The molecule has 8 heteroatoms. The van der Waals surface area contributed by atoms with Crippen LogP contribution < -0.4 is 10.1 Å². The molecule has 1 aromatic heterocycles. The molecule has 0 saturated carbocycles. The van der Waals surface area contributed by atoms with Crippen molar-refractivity contribution < 1.29 is 14.3 Å². The van der Waals surface area contributed by atoms with Crippen LogP contribution in [0.3, 0.4) is 0 Å². The number of carbonyl (C=O) groups excluding carboxylic acids is 2. The molecule has 7 nitrogen and oxygen atoms in total. The Bertz CT molecular complexity index is 1280. The Morgan fingerprint density at radius 3 is 2.74 bits per heavy atom. The van der Waals surface area contributed by atoms with Crippen molar-refractivity contribution in [2.75, 3.05) is 0 Å². The fourth-order valence-electron chi connectivity index (χ4n) is 4.36. The van der Waals surface area contributed by atoms with Crippen LogP contribution in [0.25, 0.3) is 11.1 Å². The first-order valence-electron chi connectivity index (χ1n) is 10.9. The number of aromatic nitrogens is 2. The summed E-state index contributed by atoms with van der Waals surface area (Å²) in [6, 6.07) is 14.0. The van der Waals surface area contributed by atoms with Gasteiger partial charge in [-0.3, -0.25) is 9.59 Å². The van der Waals surface area contributed by atoms with Crippen LogP contribution in [0.4, 0.5) is 0 Å². The molecule has 2 heterocycles. The fourth-order valence-corrected chi connectivity index (χ4v) is 4.58. The van der Waals surface area contributed by atoms with E-state index < -0.39 is 0 Å². The summed E-state index contributed by atoms with van der Waals surface area (Å²) in [6.45, 7) is 3.92. The number of hydrogen-bond donors (Lipinski definition) is 1. The van der Waals surface area contributed by atoms with Gasteiger partial charge in [0, 0.05) is 35.1 Å². The molecule has 1 unspecified atom stereocenters. The van der Waals surface area contributed by atoms with Crippen LogP contribution in [0.15, 0.2) is 54.9 Å². The van der Waals surface area contributed by atoms with Gasteiger partial charge in [0.2, 0.25) is 5.91 Å². The first kappa shape index (κ1) is 23.4. The second-order valence-electron chi connectivity index (χ2n) is 9.00. The topological polar surface area (TPSA) is 105 Å². The van der Waals surface area contributed by atoms with Crippen LogP contribution in [0.1, 0.15) is 49.0 Å². The summed E-state index contributed by atoms with van der Waals surface area (Å²) in [6.07, 6.45) is 4.47. The van der Waals surface area contributed by atoms with E-state index in [9.17, 15) is 14.9 Å². The zero-order chi connectivity index (χ0) is 24.3. The van der Waals surface area contributed by atoms with Gasteiger partial charge in [-0.15, -0.1) is 0 Å². The first-order chi connectivity index (χ1) is 16.3. The highest BCUT2D eigenvalue weighted by Crippen LogP contribution is 2.36. The normalized spacial score (nSPS) is 16.9. The Kier molecular flexibility index (Phi) is 6.62. The third-order valence-electron chi connectivity index (χ3n) is 5.73. The van der Waals surface area contributed by atoms with E-state index in [0.29, 0.717) is 34.6 Å². The van der Waals surface area contributed by atoms with Gasteiger partial charge < -0.3 is 10.1 Å². The van der Waals surface area contributed by atoms with Crippen molar-refractivity contribution in [3.8, 4) is 28.7 Å². The number of rotatable bonds is 6. The second kappa shape index (κ2) is 9.62. The van der Waals surface area contributed by atoms with Gasteiger partial charge in [0.25, 0.3) is 0 Å². The maximum absolute atomic E-state index is 12.9. The molecule has 1 saturated heterocycles. The van der Waals surface area contributed by atoms with Crippen LogP contribution in [0.2, 0.25) is 5.02 Å². The Morgan fingerprint density at radius 1 is 1.24 bits per heavy atom. The lowest BCUT2D eigenvalue weighted by Crippen LogP contribution is -2.50. The Hall–Kier alpha value is -3.76. The van der Waals surface area contributed by atoms with E-state index in [1.807, 2.05) is 13.8 Å². The van der Waals surface area contributed by atoms with Gasteiger partial charge in [-0.1, -0.05) is 23.7 Å². The third kappa shape index (κ3) is 5.24. The van der Waals surface area contributed by atoms with E-state index in [0.717, 1.165) is 12.0 Å². The number of nitrogens with one attached hydrogen (secondary N) is 1. The Balaban J connectivity index is 1.53. The van der Waals surface area contributed by atoms with Crippen LogP contribution in [-0.4, -0.2) is 27.4 Å². The van der Waals surface area contributed by atoms with E-state index in [4.69, 9.17) is 16.3 Å². The zero-order valence-electron chi connectivity index (χ0n) is 18.8. The summed E-state index contributed by atoms with van der Waals surface area (Å²) in [4.78, 5) is 24.8. The zero-order valence-corrected chi connectivity index (χ0v) is 19.6. The number of nitrogens with zero attached hydrogens (tertiary/aromatic N) is 3. The van der Waals surface area contributed by atoms with Crippen LogP contribution in [0, 0.1) is 17.2 Å². The van der Waals surface area contributed by atoms with Gasteiger partial charge in [-0.2, -0.15) is 15.5 Å². The molecule has 1 aliphatic rings. The number of amides is 1. The summed E-state index contributed by atoms with van der Waals surface area (Å²) in [5.41, 5.74) is 1.87. The lowest BCUT2D eigenvalue weighted by atomic mass is 9.81. The molecule has 34 heavy (non-hydrogen) atoms. The number of nitriles is 1. The number of Topliss-reactive ketones (excluding diaryl/α,β-unsaturated/α-hetero) is 1. The minimum Gasteiger partial charge on any atom is -0.454 e. The van der Waals surface area contributed by atoms with Crippen molar-refractivity contribution in [3.63, 3.8) is 0 Å². The van der Waals surface area contributed by atoms with E-state index >= 15 is 0 Å². The molecule has 0 radical (unpaired) electrons. The smallest absolute Gasteiger partial charge is 0.220 e. The number of ketones is 1. The predicted octanol–water partition coefficient (Wildman–Crippen LogP) is 5.34. The Morgan fingerprint density at radius 2 is 2.06 bits per heavy atom. The van der Waals surface area contributed by atoms with E-state index in [1.54, 1.807) is 54.9 Å². The van der Waals surface area contributed by atoms with Crippen molar-refractivity contribution in [2.24, 2.45) is 5.92 Å². The molecular weight excluding hydrogens is 452 g/mol. The van der Waals surface area contributed by atoms with Gasteiger partial charge in [0.05, 0.1) is 17.4 Å². The minimum atomic E-state index is -0.324. The molecule has 1 atom stereocenters. The van der Waals surface area contributed by atoms with Crippen molar-refractivity contribution in [2.45, 2.75) is 38.6 Å². The molecule has 0 spiro atoms. The van der Waals surface area contributed by atoms with E-state index in [1.165, 1.54) is 0 Å². The van der Waals surface area contributed by atoms with Crippen molar-refractivity contribution in [3.05, 3.63) is 71.0 Å². The summed E-state index contributed by atoms with van der Waals surface area (Å²) < 4.78 is 5.96. The Labute approximate surface area is 202 Å². The fraction of sp³-hybridized carbons (Fsp3) is 0.269. The maximum atomic E-state index is 12.9. The van der Waals surface area contributed by atoms with Crippen LogP contribution in [-0.2, 0) is 4.79 Å². The summed E-state index contributed by atoms with van der Waals surface area (Å²) >= 11 is 6.44. The highest BCUT2D eigenvalue weighted by atomic mass is 35.5. The maximum Gasteiger partial charge on any atom is 0.220 e. The molecule has 2 aromatic carbocycles. The summed E-state index contributed by atoms with van der Waals surface area (Å²) in [7, 11) is 0. The lowest BCUT2D eigenvalue weighted by Gasteiger charge is -2.35. The molecule has 3 aromatic rings. The number of benzene rings is 2. The van der Waals surface area contributed by atoms with Gasteiger partial charge in [0.1, 0.15) is 23.1 Å². The number of carbonyl (C=O) groups is 2. The molecular formula is C26H23ClN4O3. The third-order valence-corrected chi connectivity index (χ3v) is 6.03. The largest absolute Gasteiger partial charge is 0.454 e. The number of piperidine rings is 1. The van der Waals surface area contributed by atoms with Crippen LogP contribution >= 0.6 is 11.6 Å². The number of ether oxygens (including phenoxy) is 1. The van der Waals surface area contributed by atoms with Crippen LogP contribution in [0.5, 0.6) is 11.5 Å². The predicted molar refractivity (Wildman–Crippen MR) is 128 cm³/mol. The molecule has 4 rings (SSSR count). The first-order valence-corrected chi connectivity index (χ1v) is 11.3. The van der Waals surface area contributed by atoms with Crippen molar-refractivity contribution >= 4 is 23.3 Å². The standard InChI is InChI=1S/C26H23ClN4O3/c1-26(2)13-16(11-25(33)31-26)10-22(32)17-6-7-24(21(27)12-17)34-23-5-3-4-19(20(23)14-28)18-8-9-29-30-15-18/h3-9,12,15-16H,10-11,13H2,1-2H3,(H,31,33). The van der Waals surface area contributed by atoms with Gasteiger partial charge in [-0.05, 0) is 56.5 Å². The molecule has 1 aliphatic heterocycles. The lowest BCUT2D eigenvalue weighted by molar-refractivity contribution is -0.126. The highest BCUT2D eigenvalue weighted by molar-refractivity contribution is 6.32. The van der Waals surface area contributed by atoms with Gasteiger partial charge in [-0.25, -0.2) is 0 Å². The average molecular weight is 475 g/mol. The minimum absolute atomic E-state index is 0.0189. The molecule has 1 fully saturated rings. The summed E-state index contributed by atoms with van der Waals surface area (Å²) in [5.74, 6) is 0.545. The number of hydrogen-bond acceptors (Lipinski definition) is 6. The molecule has 1 N–H and O–H groups in total. The molecule has 1 amide bonds. The second-order valence-corrected chi connectivity index (χ2v) is 9.41. The van der Waals surface area contributed by atoms with Gasteiger partial charge in [0.15, 0.2) is 5.78 Å². The van der Waals surface area contributed by atoms with E-state index in [-0.39, 0.29) is 34.6 Å². The average Bonchev–Trinajstić information content (AvgIpc) is 2.79. The number of halogens is 1. The summed E-state index contributed by atoms with van der Waals surface area (Å²) in [5, 5.41) is 20.6. The molecule has 0 bridgehead atoms.